The molecule has 6 heteroatoms. The van der Waals surface area contributed by atoms with Gasteiger partial charge in [-0.2, -0.15) is 0 Å². The van der Waals surface area contributed by atoms with Crippen LogP contribution in [0, 0.1) is 13.8 Å². The Labute approximate surface area is 156 Å². The third-order valence-corrected chi connectivity index (χ3v) is 5.38. The molecule has 26 heavy (non-hydrogen) atoms. The average Bonchev–Trinajstić information content (AvgIpc) is 2.61. The summed E-state index contributed by atoms with van der Waals surface area (Å²) in [5.74, 6) is -0.121. The molecule has 0 fully saturated rings. The van der Waals surface area contributed by atoms with Gasteiger partial charge in [0.05, 0.1) is 16.2 Å². The molecule has 1 N–H and O–H groups in total. The molecule has 1 aromatic heterocycles. The summed E-state index contributed by atoms with van der Waals surface area (Å²) in [5, 5.41) is 3.66. The van der Waals surface area contributed by atoms with Crippen LogP contribution in [0.2, 0.25) is 0 Å². The highest BCUT2D eigenvalue weighted by atomic mass is 32.2. The third-order valence-electron chi connectivity index (χ3n) is 4.23. The Morgan fingerprint density at radius 3 is 2.65 bits per heavy atom. The van der Waals surface area contributed by atoms with Crippen LogP contribution in [0.5, 0.6) is 0 Å². The zero-order chi connectivity index (χ0) is 18.8. The number of hydrogen-bond acceptors (Lipinski definition) is 4. The Balaban J connectivity index is 1.82. The summed E-state index contributed by atoms with van der Waals surface area (Å²) in [7, 11) is 1.68. The number of hydrogen-bond donors (Lipinski definition) is 1. The maximum absolute atomic E-state index is 12.6. The maximum atomic E-state index is 12.6. The van der Waals surface area contributed by atoms with E-state index in [9.17, 15) is 9.59 Å². The van der Waals surface area contributed by atoms with Crippen molar-refractivity contribution in [3.8, 4) is 0 Å². The smallest absolute Gasteiger partial charge is 0.261 e. The number of thioether (sulfide) groups is 1. The summed E-state index contributed by atoms with van der Waals surface area (Å²) in [4.78, 5) is 29.6. The van der Waals surface area contributed by atoms with Crippen LogP contribution < -0.4 is 10.9 Å². The number of amides is 1. The van der Waals surface area contributed by atoms with Gasteiger partial charge in [-0.25, -0.2) is 4.98 Å². The molecule has 0 saturated heterocycles. The van der Waals surface area contributed by atoms with E-state index in [2.05, 4.69) is 10.3 Å². The molecule has 0 spiro atoms. The van der Waals surface area contributed by atoms with Gasteiger partial charge in [0.15, 0.2) is 5.16 Å². The fraction of sp³-hybridized carbons (Fsp3) is 0.250. The minimum absolute atomic E-state index is 0.111. The number of carbonyl (C=O) groups excluding carboxylic acids is 1. The number of nitrogens with zero attached hydrogens (tertiary/aromatic N) is 2. The van der Waals surface area contributed by atoms with Gasteiger partial charge in [-0.15, -0.1) is 0 Å². The summed E-state index contributed by atoms with van der Waals surface area (Å²) in [6.07, 6.45) is 0. The molecule has 0 aliphatic rings. The van der Waals surface area contributed by atoms with E-state index in [0.717, 1.165) is 16.8 Å². The first-order valence-corrected chi connectivity index (χ1v) is 9.25. The first-order chi connectivity index (χ1) is 12.4. The van der Waals surface area contributed by atoms with Gasteiger partial charge in [-0.1, -0.05) is 41.6 Å². The molecule has 2 aromatic carbocycles. The van der Waals surface area contributed by atoms with Crippen molar-refractivity contribution in [3.05, 3.63) is 63.9 Å². The molecule has 0 aliphatic heterocycles. The van der Waals surface area contributed by atoms with Crippen molar-refractivity contribution in [2.75, 3.05) is 5.32 Å². The van der Waals surface area contributed by atoms with Crippen LogP contribution in [0.15, 0.2) is 52.4 Å². The van der Waals surface area contributed by atoms with E-state index in [0.29, 0.717) is 16.1 Å². The number of rotatable bonds is 4. The number of aryl methyl sites for hydroxylation is 2. The molecule has 1 amide bonds. The zero-order valence-corrected chi connectivity index (χ0v) is 16.1. The molecule has 0 aliphatic carbocycles. The van der Waals surface area contributed by atoms with Gasteiger partial charge in [-0.05, 0) is 44.5 Å². The van der Waals surface area contributed by atoms with Crippen molar-refractivity contribution in [2.24, 2.45) is 7.05 Å². The van der Waals surface area contributed by atoms with E-state index in [-0.39, 0.29) is 11.5 Å². The van der Waals surface area contributed by atoms with Gasteiger partial charge in [0, 0.05) is 12.7 Å². The Hall–Kier alpha value is -2.60. The zero-order valence-electron chi connectivity index (χ0n) is 15.2. The summed E-state index contributed by atoms with van der Waals surface area (Å²) >= 11 is 1.28. The lowest BCUT2D eigenvalue weighted by Crippen LogP contribution is -2.25. The monoisotopic (exact) mass is 367 g/mol. The quantitative estimate of drug-likeness (QED) is 0.564. The molecule has 1 unspecified atom stereocenters. The first-order valence-electron chi connectivity index (χ1n) is 8.37. The van der Waals surface area contributed by atoms with E-state index < -0.39 is 5.25 Å². The number of aromatic nitrogens is 2. The second-order valence-electron chi connectivity index (χ2n) is 6.34. The fourth-order valence-corrected chi connectivity index (χ4v) is 3.58. The Bertz CT molecular complexity index is 1040. The van der Waals surface area contributed by atoms with Crippen LogP contribution in [-0.4, -0.2) is 20.7 Å². The molecule has 3 rings (SSSR count). The first kappa shape index (κ1) is 18.2. The van der Waals surface area contributed by atoms with E-state index in [4.69, 9.17) is 0 Å². The molecule has 0 bridgehead atoms. The molecule has 1 heterocycles. The van der Waals surface area contributed by atoms with Crippen molar-refractivity contribution in [3.63, 3.8) is 0 Å². The minimum Gasteiger partial charge on any atom is -0.325 e. The lowest BCUT2D eigenvalue weighted by molar-refractivity contribution is -0.115. The van der Waals surface area contributed by atoms with Gasteiger partial charge in [0.25, 0.3) is 5.56 Å². The number of para-hydroxylation sites is 1. The van der Waals surface area contributed by atoms with Crippen LogP contribution in [-0.2, 0) is 11.8 Å². The Morgan fingerprint density at radius 1 is 1.19 bits per heavy atom. The number of fused-ring (bicyclic) bond motifs is 1. The van der Waals surface area contributed by atoms with Gasteiger partial charge in [0.2, 0.25) is 5.91 Å². The summed E-state index contributed by atoms with van der Waals surface area (Å²) in [5.41, 5.74) is 3.50. The van der Waals surface area contributed by atoms with E-state index >= 15 is 0 Å². The molecule has 134 valence electrons. The maximum Gasteiger partial charge on any atom is 0.261 e. The number of anilines is 1. The van der Waals surface area contributed by atoms with Crippen molar-refractivity contribution < 1.29 is 4.79 Å². The van der Waals surface area contributed by atoms with E-state index in [1.165, 1.54) is 16.3 Å². The van der Waals surface area contributed by atoms with Gasteiger partial charge in [0.1, 0.15) is 0 Å². The molecular weight excluding hydrogens is 346 g/mol. The normalized spacial score (nSPS) is 12.2. The van der Waals surface area contributed by atoms with Crippen molar-refractivity contribution in [2.45, 2.75) is 31.2 Å². The molecule has 1 atom stereocenters. The van der Waals surface area contributed by atoms with E-state index in [1.54, 1.807) is 19.2 Å². The minimum atomic E-state index is -0.394. The van der Waals surface area contributed by atoms with Crippen LogP contribution in [0.25, 0.3) is 10.9 Å². The van der Waals surface area contributed by atoms with Crippen molar-refractivity contribution in [1.82, 2.24) is 9.55 Å². The van der Waals surface area contributed by atoms with Crippen LogP contribution in [0.4, 0.5) is 5.69 Å². The second-order valence-corrected chi connectivity index (χ2v) is 7.65. The highest BCUT2D eigenvalue weighted by Crippen LogP contribution is 2.24. The van der Waals surface area contributed by atoms with Crippen molar-refractivity contribution >= 4 is 34.3 Å². The topological polar surface area (TPSA) is 64.0 Å². The summed E-state index contributed by atoms with van der Waals surface area (Å²) < 4.78 is 1.49. The fourth-order valence-electron chi connectivity index (χ4n) is 2.70. The van der Waals surface area contributed by atoms with E-state index in [1.807, 2.05) is 51.1 Å². The largest absolute Gasteiger partial charge is 0.325 e. The lowest BCUT2D eigenvalue weighted by atomic mass is 10.1. The number of nitrogens with one attached hydrogen (secondary N) is 1. The molecule has 0 radical (unpaired) electrons. The van der Waals surface area contributed by atoms with Crippen LogP contribution in [0.1, 0.15) is 18.1 Å². The Morgan fingerprint density at radius 2 is 1.92 bits per heavy atom. The molecule has 3 aromatic rings. The molecule has 0 saturated carbocycles. The predicted octanol–water partition coefficient (Wildman–Crippen LogP) is 3.67. The summed E-state index contributed by atoms with van der Waals surface area (Å²) in [6.45, 7) is 5.79. The predicted molar refractivity (Wildman–Crippen MR) is 107 cm³/mol. The highest BCUT2D eigenvalue weighted by Gasteiger charge is 2.19. The summed E-state index contributed by atoms with van der Waals surface area (Å²) in [6, 6.07) is 13.1. The second kappa shape index (κ2) is 7.33. The average molecular weight is 367 g/mol. The lowest BCUT2D eigenvalue weighted by Gasteiger charge is -2.15. The van der Waals surface area contributed by atoms with Crippen molar-refractivity contribution in [1.29, 1.82) is 0 Å². The highest BCUT2D eigenvalue weighted by molar-refractivity contribution is 8.00. The molecule has 5 nitrogen and oxygen atoms in total. The standard InChI is InChI=1S/C20H21N3O2S/c1-12-9-10-16(13(2)11-12)21-18(24)14(3)26-20-22-17-8-6-5-7-15(17)19(25)23(20)4/h5-11,14H,1-4H3,(H,21,24). The van der Waals surface area contributed by atoms with Gasteiger partial charge < -0.3 is 5.32 Å². The number of carbonyl (C=O) groups is 1. The Kier molecular flexibility index (Phi) is 5.13. The number of benzene rings is 2. The molecular formula is C20H21N3O2S. The van der Waals surface area contributed by atoms with Gasteiger partial charge >= 0.3 is 0 Å². The van der Waals surface area contributed by atoms with Gasteiger partial charge in [-0.3, -0.25) is 14.2 Å². The van der Waals surface area contributed by atoms with Crippen LogP contribution >= 0.6 is 11.8 Å². The third kappa shape index (κ3) is 3.65. The van der Waals surface area contributed by atoms with Crippen LogP contribution in [0.3, 0.4) is 0 Å². The SMILES string of the molecule is Cc1ccc(NC(=O)C(C)Sc2nc3ccccc3c(=O)n2C)c(C)c1.